The molecule has 0 spiro atoms. The third kappa shape index (κ3) is 2.73. The van der Waals surface area contributed by atoms with Gasteiger partial charge in [0, 0.05) is 22.2 Å². The van der Waals surface area contributed by atoms with Gasteiger partial charge in [-0.3, -0.25) is 9.59 Å². The molecule has 1 heterocycles. The van der Waals surface area contributed by atoms with Gasteiger partial charge in [-0.05, 0) is 55.9 Å². The van der Waals surface area contributed by atoms with Crippen LogP contribution >= 0.6 is 43.8 Å². The zero-order valence-corrected chi connectivity index (χ0v) is 13.4. The van der Waals surface area contributed by atoms with Crippen molar-refractivity contribution in [1.29, 1.82) is 0 Å². The van der Waals surface area contributed by atoms with Crippen LogP contribution in [0.25, 0.3) is 0 Å². The molecule has 18 heavy (non-hydrogen) atoms. The summed E-state index contributed by atoms with van der Waals surface area (Å²) in [6.07, 6.45) is 0.578. The number of nitrogens with zero attached hydrogens (tertiary/aromatic N) is 1. The largest absolute Gasteiger partial charge is 0.496 e. The Kier molecular flexibility index (Phi) is 4.34. The van der Waals surface area contributed by atoms with Gasteiger partial charge in [-0.1, -0.05) is 0 Å². The molecule has 2 amide bonds. The molecule has 0 atom stereocenters. The fourth-order valence-electron chi connectivity index (χ4n) is 1.49. The third-order valence-electron chi connectivity index (χ3n) is 2.40. The maximum absolute atomic E-state index is 11.6. The lowest BCUT2D eigenvalue weighted by atomic mass is 10.3. The number of benzene rings is 1. The molecule has 1 aromatic carbocycles. The molecule has 0 aliphatic carbocycles. The zero-order valence-electron chi connectivity index (χ0n) is 9.41. The number of methoxy groups -OCH3 is 1. The molecule has 0 saturated carbocycles. The summed E-state index contributed by atoms with van der Waals surface area (Å²) in [5, 5.41) is 0. The topological polar surface area (TPSA) is 46.6 Å². The average Bonchev–Trinajstić information content (AvgIpc) is 2.64. The van der Waals surface area contributed by atoms with Crippen LogP contribution in [0.5, 0.6) is 5.75 Å². The Morgan fingerprint density at radius 2 is 1.78 bits per heavy atom. The van der Waals surface area contributed by atoms with E-state index < -0.39 is 0 Å². The first-order valence-corrected chi connectivity index (χ1v) is 7.45. The van der Waals surface area contributed by atoms with E-state index >= 15 is 0 Å². The van der Waals surface area contributed by atoms with Crippen LogP contribution in [0.15, 0.2) is 26.0 Å². The summed E-state index contributed by atoms with van der Waals surface area (Å²) in [6, 6.07) is 3.60. The number of carbonyl (C=O) groups is 2. The second-order valence-electron chi connectivity index (χ2n) is 3.59. The van der Waals surface area contributed by atoms with Crippen LogP contribution in [0.4, 0.5) is 0 Å². The highest BCUT2D eigenvalue weighted by atomic mass is 79.9. The standard InChI is InChI=1S/C11H9Br2NO3S/c1-17-8-5-9(7(13)4-6(8)12)18-14-10(15)2-3-11(14)16/h4-5H,2-3H2,1H3. The number of carbonyl (C=O) groups excluding carboxylic acids is 2. The predicted molar refractivity (Wildman–Crippen MR) is 75.3 cm³/mol. The Morgan fingerprint density at radius 1 is 1.17 bits per heavy atom. The van der Waals surface area contributed by atoms with Crippen LogP contribution in [0.2, 0.25) is 0 Å². The maximum Gasteiger partial charge on any atom is 0.240 e. The molecule has 1 saturated heterocycles. The SMILES string of the molecule is COc1cc(SN2C(=O)CCC2=O)c(Br)cc1Br. The van der Waals surface area contributed by atoms with Gasteiger partial charge in [0.05, 0.1) is 11.6 Å². The highest BCUT2D eigenvalue weighted by Gasteiger charge is 2.30. The summed E-state index contributed by atoms with van der Waals surface area (Å²) in [6.45, 7) is 0. The number of hydrogen-bond acceptors (Lipinski definition) is 4. The number of rotatable bonds is 3. The number of halogens is 2. The molecule has 0 unspecified atom stereocenters. The lowest BCUT2D eigenvalue weighted by Crippen LogP contribution is -2.21. The minimum absolute atomic E-state index is 0.154. The van der Waals surface area contributed by atoms with Gasteiger partial charge < -0.3 is 4.74 Å². The van der Waals surface area contributed by atoms with Crippen LogP contribution < -0.4 is 4.74 Å². The van der Waals surface area contributed by atoms with Gasteiger partial charge in [0.15, 0.2) is 0 Å². The van der Waals surface area contributed by atoms with Crippen LogP contribution in [-0.4, -0.2) is 23.2 Å². The minimum Gasteiger partial charge on any atom is -0.496 e. The van der Waals surface area contributed by atoms with Gasteiger partial charge >= 0.3 is 0 Å². The van der Waals surface area contributed by atoms with E-state index in [1.54, 1.807) is 13.2 Å². The molecule has 96 valence electrons. The van der Waals surface area contributed by atoms with Crippen molar-refractivity contribution in [2.24, 2.45) is 0 Å². The first-order valence-electron chi connectivity index (χ1n) is 5.09. The van der Waals surface area contributed by atoms with E-state index in [2.05, 4.69) is 31.9 Å². The summed E-state index contributed by atoms with van der Waals surface area (Å²) < 4.78 is 8.00. The van der Waals surface area contributed by atoms with Crippen molar-refractivity contribution in [2.45, 2.75) is 17.7 Å². The molecule has 0 radical (unpaired) electrons. The second kappa shape index (κ2) is 5.63. The Bertz CT molecular complexity index is 505. The molecule has 1 fully saturated rings. The minimum atomic E-state index is -0.154. The van der Waals surface area contributed by atoms with Crippen LogP contribution in [-0.2, 0) is 9.59 Å². The molecule has 2 rings (SSSR count). The molecule has 7 heteroatoms. The molecular formula is C11H9Br2NO3S. The molecule has 1 aromatic rings. The van der Waals surface area contributed by atoms with Crippen LogP contribution in [0, 0.1) is 0 Å². The van der Waals surface area contributed by atoms with Crippen molar-refractivity contribution in [1.82, 2.24) is 4.31 Å². The van der Waals surface area contributed by atoms with Crippen molar-refractivity contribution < 1.29 is 14.3 Å². The molecule has 0 aromatic heterocycles. The fourth-order valence-corrected chi connectivity index (χ4v) is 3.75. The summed E-state index contributed by atoms with van der Waals surface area (Å²) >= 11 is 7.89. The molecule has 0 N–H and O–H groups in total. The van der Waals surface area contributed by atoms with Gasteiger partial charge in [-0.25, -0.2) is 4.31 Å². The number of ether oxygens (including phenoxy) is 1. The Morgan fingerprint density at radius 3 is 2.33 bits per heavy atom. The highest BCUT2D eigenvalue weighted by Crippen LogP contribution is 2.39. The first-order chi connectivity index (χ1) is 8.52. The Hall–Kier alpha value is -0.530. The Balaban J connectivity index is 2.28. The van der Waals surface area contributed by atoms with Gasteiger partial charge in [0.1, 0.15) is 5.75 Å². The highest BCUT2D eigenvalue weighted by molar-refractivity contribution is 9.11. The molecule has 1 aliphatic heterocycles. The van der Waals surface area contributed by atoms with E-state index in [0.29, 0.717) is 5.75 Å². The van der Waals surface area contributed by atoms with Crippen molar-refractivity contribution >= 4 is 55.6 Å². The number of hydrogen-bond donors (Lipinski definition) is 0. The van der Waals surface area contributed by atoms with E-state index in [1.165, 1.54) is 4.31 Å². The summed E-state index contributed by atoms with van der Waals surface area (Å²) in [4.78, 5) is 23.9. The van der Waals surface area contributed by atoms with Crippen molar-refractivity contribution in [3.63, 3.8) is 0 Å². The van der Waals surface area contributed by atoms with Gasteiger partial charge in [0.2, 0.25) is 11.8 Å². The lowest BCUT2D eigenvalue weighted by molar-refractivity contribution is -0.131. The molecular weight excluding hydrogens is 386 g/mol. The third-order valence-corrected chi connectivity index (χ3v) is 5.06. The lowest BCUT2D eigenvalue weighted by Gasteiger charge is -2.14. The predicted octanol–water partition coefficient (Wildman–Crippen LogP) is 3.38. The average molecular weight is 395 g/mol. The van der Waals surface area contributed by atoms with Crippen molar-refractivity contribution in [3.05, 3.63) is 21.1 Å². The maximum atomic E-state index is 11.6. The number of imide groups is 1. The van der Waals surface area contributed by atoms with Crippen molar-refractivity contribution in [3.8, 4) is 5.75 Å². The Labute approximate surface area is 125 Å². The van der Waals surface area contributed by atoms with E-state index in [-0.39, 0.29) is 24.7 Å². The van der Waals surface area contributed by atoms with Crippen molar-refractivity contribution in [2.75, 3.05) is 7.11 Å². The zero-order chi connectivity index (χ0) is 13.3. The summed E-state index contributed by atoms with van der Waals surface area (Å²) in [7, 11) is 1.56. The van der Waals surface area contributed by atoms with Gasteiger partial charge in [-0.15, -0.1) is 0 Å². The van der Waals surface area contributed by atoms with Gasteiger partial charge in [0.25, 0.3) is 0 Å². The van der Waals surface area contributed by atoms with Gasteiger partial charge in [-0.2, -0.15) is 0 Å². The van der Waals surface area contributed by atoms with Crippen LogP contribution in [0.3, 0.4) is 0 Å². The first kappa shape index (κ1) is 13.9. The quantitative estimate of drug-likeness (QED) is 0.582. The summed E-state index contributed by atoms with van der Waals surface area (Å²) in [5.41, 5.74) is 0. The van der Waals surface area contributed by atoms with E-state index in [0.717, 1.165) is 25.8 Å². The van der Waals surface area contributed by atoms with E-state index in [4.69, 9.17) is 4.74 Å². The molecule has 1 aliphatic rings. The van der Waals surface area contributed by atoms with Crippen LogP contribution in [0.1, 0.15) is 12.8 Å². The monoisotopic (exact) mass is 393 g/mol. The molecule has 4 nitrogen and oxygen atoms in total. The fraction of sp³-hybridized carbons (Fsp3) is 0.273. The number of amides is 2. The summed E-state index contributed by atoms with van der Waals surface area (Å²) in [5.74, 6) is 0.345. The smallest absolute Gasteiger partial charge is 0.240 e. The second-order valence-corrected chi connectivity index (χ2v) is 6.29. The van der Waals surface area contributed by atoms with E-state index in [1.807, 2.05) is 6.07 Å². The normalized spacial score (nSPS) is 15.4. The molecule has 0 bridgehead atoms. The van der Waals surface area contributed by atoms with E-state index in [9.17, 15) is 9.59 Å².